The molecule has 0 bridgehead atoms. The van der Waals surface area contributed by atoms with Crippen molar-refractivity contribution >= 4 is 11.6 Å². The quantitative estimate of drug-likeness (QED) is 0.793. The number of hydrogen-bond donors (Lipinski definition) is 1. The highest BCUT2D eigenvalue weighted by atomic mass is 35.5. The maximum Gasteiger partial charge on any atom is 0.0406 e. The summed E-state index contributed by atoms with van der Waals surface area (Å²) in [6, 6.07) is 8.42. The van der Waals surface area contributed by atoms with Crippen LogP contribution < -0.4 is 5.32 Å². The lowest BCUT2D eigenvalue weighted by Crippen LogP contribution is -2.40. The van der Waals surface area contributed by atoms with Crippen LogP contribution in [0.5, 0.6) is 0 Å². The Kier molecular flexibility index (Phi) is 5.38. The second kappa shape index (κ2) is 6.71. The molecule has 0 heterocycles. The molecule has 0 unspecified atom stereocenters. The zero-order valence-electron chi connectivity index (χ0n) is 14.0. The lowest BCUT2D eigenvalue weighted by molar-refractivity contribution is 0.0877. The van der Waals surface area contributed by atoms with Crippen LogP contribution in [-0.2, 0) is 6.42 Å². The van der Waals surface area contributed by atoms with E-state index in [1.54, 1.807) is 0 Å². The molecule has 2 rings (SSSR count). The summed E-state index contributed by atoms with van der Waals surface area (Å²) in [5, 5.41) is 4.27. The molecule has 0 radical (unpaired) electrons. The minimum Gasteiger partial charge on any atom is -0.319 e. The molecular weight excluding hydrogens is 278 g/mol. The van der Waals surface area contributed by atoms with Crippen LogP contribution in [0.2, 0.25) is 5.02 Å². The van der Waals surface area contributed by atoms with Crippen molar-refractivity contribution in [2.45, 2.75) is 52.9 Å². The Balaban J connectivity index is 2.06. The van der Waals surface area contributed by atoms with Crippen LogP contribution in [0.4, 0.5) is 0 Å². The van der Waals surface area contributed by atoms with Gasteiger partial charge in [-0.25, -0.2) is 0 Å². The first-order valence-electron chi connectivity index (χ1n) is 8.24. The predicted octanol–water partition coefficient (Wildman–Crippen LogP) is 5.32. The fourth-order valence-electron chi connectivity index (χ4n) is 3.92. The van der Waals surface area contributed by atoms with Gasteiger partial charge >= 0.3 is 0 Å². The van der Waals surface area contributed by atoms with E-state index in [2.05, 4.69) is 45.3 Å². The van der Waals surface area contributed by atoms with E-state index in [1.165, 1.54) is 37.7 Å². The molecule has 118 valence electrons. The lowest BCUT2D eigenvalue weighted by Gasteiger charge is -2.44. The first-order valence-corrected chi connectivity index (χ1v) is 8.61. The number of benzene rings is 1. The molecule has 0 atom stereocenters. The van der Waals surface area contributed by atoms with Crippen LogP contribution in [0.25, 0.3) is 0 Å². The zero-order valence-corrected chi connectivity index (χ0v) is 14.8. The summed E-state index contributed by atoms with van der Waals surface area (Å²) in [4.78, 5) is 0. The standard InChI is InChI=1S/C19H30ClN/c1-18(2,3)16-9-11-19(12-10-16,14-21-4)13-15-5-7-17(20)8-6-15/h5-8,16,21H,9-14H2,1-4H3. The Labute approximate surface area is 135 Å². The van der Waals surface area contributed by atoms with Crippen molar-refractivity contribution in [1.82, 2.24) is 5.32 Å². The summed E-state index contributed by atoms with van der Waals surface area (Å²) in [5.74, 6) is 0.868. The van der Waals surface area contributed by atoms with Crippen LogP contribution in [-0.4, -0.2) is 13.6 Å². The molecule has 1 nitrogen and oxygen atoms in total. The first-order chi connectivity index (χ1) is 9.85. The van der Waals surface area contributed by atoms with Gasteiger partial charge in [-0.05, 0) is 73.6 Å². The average Bonchev–Trinajstić information content (AvgIpc) is 2.41. The minimum atomic E-state index is 0.421. The molecule has 0 amide bonds. The topological polar surface area (TPSA) is 12.0 Å². The number of hydrogen-bond acceptors (Lipinski definition) is 1. The van der Waals surface area contributed by atoms with Crippen molar-refractivity contribution in [2.75, 3.05) is 13.6 Å². The minimum absolute atomic E-state index is 0.421. The molecular formula is C19H30ClN. The number of rotatable bonds is 4. The van der Waals surface area contributed by atoms with Gasteiger partial charge in [0.2, 0.25) is 0 Å². The van der Waals surface area contributed by atoms with Gasteiger partial charge in [0.05, 0.1) is 0 Å². The van der Waals surface area contributed by atoms with E-state index >= 15 is 0 Å². The molecule has 1 aliphatic rings. The van der Waals surface area contributed by atoms with Crippen molar-refractivity contribution in [3.05, 3.63) is 34.9 Å². The molecule has 1 aliphatic carbocycles. The van der Waals surface area contributed by atoms with E-state index in [9.17, 15) is 0 Å². The van der Waals surface area contributed by atoms with Crippen LogP contribution in [0, 0.1) is 16.7 Å². The van der Waals surface area contributed by atoms with Crippen LogP contribution in [0.1, 0.15) is 52.0 Å². The molecule has 2 heteroatoms. The summed E-state index contributed by atoms with van der Waals surface area (Å²) < 4.78 is 0. The first kappa shape index (κ1) is 16.8. The molecule has 0 aliphatic heterocycles. The average molecular weight is 308 g/mol. The third-order valence-electron chi connectivity index (χ3n) is 5.32. The highest BCUT2D eigenvalue weighted by Crippen LogP contribution is 2.46. The van der Waals surface area contributed by atoms with Gasteiger partial charge in [0.25, 0.3) is 0 Å². The Bertz CT molecular complexity index is 436. The zero-order chi connectivity index (χ0) is 15.5. The number of nitrogens with one attached hydrogen (secondary N) is 1. The van der Waals surface area contributed by atoms with Crippen LogP contribution >= 0.6 is 11.6 Å². The highest BCUT2D eigenvalue weighted by Gasteiger charge is 2.38. The smallest absolute Gasteiger partial charge is 0.0406 e. The summed E-state index contributed by atoms with van der Waals surface area (Å²) in [6.45, 7) is 8.29. The fraction of sp³-hybridized carbons (Fsp3) is 0.684. The van der Waals surface area contributed by atoms with Gasteiger partial charge in [0, 0.05) is 11.6 Å². The Morgan fingerprint density at radius 1 is 1.14 bits per heavy atom. The van der Waals surface area contributed by atoms with E-state index in [4.69, 9.17) is 11.6 Å². The van der Waals surface area contributed by atoms with Crippen molar-refractivity contribution < 1.29 is 0 Å². The lowest BCUT2D eigenvalue weighted by atomic mass is 9.62. The molecule has 1 N–H and O–H groups in total. The maximum atomic E-state index is 6.01. The van der Waals surface area contributed by atoms with Crippen LogP contribution in [0.3, 0.4) is 0 Å². The Morgan fingerprint density at radius 2 is 1.71 bits per heavy atom. The monoisotopic (exact) mass is 307 g/mol. The molecule has 21 heavy (non-hydrogen) atoms. The van der Waals surface area contributed by atoms with Gasteiger partial charge in [0.15, 0.2) is 0 Å². The molecule has 0 saturated heterocycles. The van der Waals surface area contributed by atoms with Gasteiger partial charge in [-0.1, -0.05) is 44.5 Å². The Morgan fingerprint density at radius 3 is 2.19 bits per heavy atom. The van der Waals surface area contributed by atoms with E-state index < -0.39 is 0 Å². The van der Waals surface area contributed by atoms with Crippen molar-refractivity contribution in [1.29, 1.82) is 0 Å². The summed E-state index contributed by atoms with van der Waals surface area (Å²) in [7, 11) is 2.08. The second-order valence-electron chi connectivity index (χ2n) is 7.97. The molecule has 1 aromatic carbocycles. The van der Waals surface area contributed by atoms with Gasteiger partial charge in [-0.2, -0.15) is 0 Å². The number of halogens is 1. The van der Waals surface area contributed by atoms with E-state index in [0.717, 1.165) is 17.5 Å². The predicted molar refractivity (Wildman–Crippen MR) is 92.9 cm³/mol. The Hall–Kier alpha value is -0.530. The normalized spacial score (nSPS) is 26.8. The van der Waals surface area contributed by atoms with Crippen LogP contribution in [0.15, 0.2) is 24.3 Å². The SMILES string of the molecule is CNCC1(Cc2ccc(Cl)cc2)CCC(C(C)(C)C)CC1. The van der Waals surface area contributed by atoms with E-state index in [0.29, 0.717) is 10.8 Å². The molecule has 0 spiro atoms. The second-order valence-corrected chi connectivity index (χ2v) is 8.41. The van der Waals surface area contributed by atoms with E-state index in [1.807, 2.05) is 12.1 Å². The third kappa shape index (κ3) is 4.47. The molecule has 1 saturated carbocycles. The summed E-state index contributed by atoms with van der Waals surface area (Å²) >= 11 is 6.01. The van der Waals surface area contributed by atoms with Crippen molar-refractivity contribution in [3.63, 3.8) is 0 Å². The molecule has 1 fully saturated rings. The molecule has 0 aromatic heterocycles. The van der Waals surface area contributed by atoms with E-state index in [-0.39, 0.29) is 0 Å². The van der Waals surface area contributed by atoms with Gasteiger partial charge < -0.3 is 5.32 Å². The maximum absolute atomic E-state index is 6.01. The summed E-state index contributed by atoms with van der Waals surface area (Å²) in [5.41, 5.74) is 2.29. The largest absolute Gasteiger partial charge is 0.319 e. The van der Waals surface area contributed by atoms with Gasteiger partial charge in [-0.3, -0.25) is 0 Å². The molecule has 1 aromatic rings. The van der Waals surface area contributed by atoms with Crippen molar-refractivity contribution in [2.24, 2.45) is 16.7 Å². The van der Waals surface area contributed by atoms with Crippen molar-refractivity contribution in [3.8, 4) is 0 Å². The summed E-state index contributed by atoms with van der Waals surface area (Å²) in [6.07, 6.45) is 6.55. The van der Waals surface area contributed by atoms with Gasteiger partial charge in [0.1, 0.15) is 0 Å². The fourth-order valence-corrected chi connectivity index (χ4v) is 4.05. The highest BCUT2D eigenvalue weighted by molar-refractivity contribution is 6.30. The third-order valence-corrected chi connectivity index (χ3v) is 5.57. The van der Waals surface area contributed by atoms with Gasteiger partial charge in [-0.15, -0.1) is 0 Å².